The van der Waals surface area contributed by atoms with E-state index in [-0.39, 0.29) is 0 Å². The topological polar surface area (TPSA) is 0 Å². The molecule has 13 heavy (non-hydrogen) atoms. The van der Waals surface area contributed by atoms with Gasteiger partial charge in [-0.1, -0.05) is 39.5 Å². The lowest BCUT2D eigenvalue weighted by molar-refractivity contribution is 0.168. The zero-order valence-electron chi connectivity index (χ0n) is 9.36. The molecule has 0 aromatic carbocycles. The van der Waals surface area contributed by atoms with E-state index >= 15 is 0 Å². The first-order valence-corrected chi connectivity index (χ1v) is 6.12. The molecule has 2 aliphatic carbocycles. The molecule has 0 nitrogen and oxygen atoms in total. The average molecular weight is 180 g/mol. The van der Waals surface area contributed by atoms with Gasteiger partial charge in [-0.15, -0.1) is 0 Å². The Morgan fingerprint density at radius 1 is 0.692 bits per heavy atom. The SMILES string of the molecule is CC1(CC2(C)CCCC2)CCCC1. The molecular formula is C13H24. The largest absolute Gasteiger partial charge is 0.0596 e. The van der Waals surface area contributed by atoms with Crippen LogP contribution in [0.15, 0.2) is 0 Å². The second kappa shape index (κ2) is 3.29. The maximum atomic E-state index is 2.53. The maximum absolute atomic E-state index is 2.53. The first-order chi connectivity index (χ1) is 6.12. The van der Waals surface area contributed by atoms with Gasteiger partial charge < -0.3 is 0 Å². The highest BCUT2D eigenvalue weighted by Gasteiger charge is 2.38. The van der Waals surface area contributed by atoms with E-state index in [0.717, 1.165) is 10.8 Å². The van der Waals surface area contributed by atoms with Gasteiger partial charge in [0.05, 0.1) is 0 Å². The standard InChI is InChI=1S/C13H24/c1-12(7-3-4-8-12)11-13(2)9-5-6-10-13/h3-11H2,1-2H3. The first-order valence-electron chi connectivity index (χ1n) is 6.12. The molecule has 0 heteroatoms. The van der Waals surface area contributed by atoms with Crippen LogP contribution < -0.4 is 0 Å². The Kier molecular flexibility index (Phi) is 2.42. The second-order valence-corrected chi connectivity index (χ2v) is 6.21. The van der Waals surface area contributed by atoms with E-state index in [9.17, 15) is 0 Å². The molecule has 0 spiro atoms. The second-order valence-electron chi connectivity index (χ2n) is 6.21. The third-order valence-electron chi connectivity index (χ3n) is 4.47. The van der Waals surface area contributed by atoms with Gasteiger partial charge in [-0.25, -0.2) is 0 Å². The third kappa shape index (κ3) is 2.08. The highest BCUT2D eigenvalue weighted by atomic mass is 14.4. The van der Waals surface area contributed by atoms with E-state index in [0.29, 0.717) is 0 Å². The number of hydrogen-bond donors (Lipinski definition) is 0. The van der Waals surface area contributed by atoms with E-state index in [4.69, 9.17) is 0 Å². The van der Waals surface area contributed by atoms with Gasteiger partial charge in [-0.3, -0.25) is 0 Å². The molecule has 0 radical (unpaired) electrons. The molecule has 0 aliphatic heterocycles. The summed E-state index contributed by atoms with van der Waals surface area (Å²) in [5.41, 5.74) is 1.44. The summed E-state index contributed by atoms with van der Waals surface area (Å²) in [6, 6.07) is 0. The van der Waals surface area contributed by atoms with Crippen LogP contribution in [-0.4, -0.2) is 0 Å². The van der Waals surface area contributed by atoms with Gasteiger partial charge in [0.1, 0.15) is 0 Å². The minimum Gasteiger partial charge on any atom is -0.0596 e. The highest BCUT2D eigenvalue weighted by molar-refractivity contribution is 4.90. The van der Waals surface area contributed by atoms with Crippen LogP contribution in [0.2, 0.25) is 0 Å². The van der Waals surface area contributed by atoms with Crippen molar-refractivity contribution < 1.29 is 0 Å². The normalized spacial score (nSPS) is 30.9. The number of hydrogen-bond acceptors (Lipinski definition) is 0. The van der Waals surface area contributed by atoms with Crippen molar-refractivity contribution >= 4 is 0 Å². The van der Waals surface area contributed by atoms with Crippen molar-refractivity contribution in [2.75, 3.05) is 0 Å². The fourth-order valence-electron chi connectivity index (χ4n) is 3.84. The van der Waals surface area contributed by atoms with Crippen molar-refractivity contribution in [3.8, 4) is 0 Å². The lowest BCUT2D eigenvalue weighted by Gasteiger charge is -2.34. The van der Waals surface area contributed by atoms with Gasteiger partial charge in [-0.05, 0) is 42.9 Å². The smallest absolute Gasteiger partial charge is 0.0321 e. The fraction of sp³-hybridized carbons (Fsp3) is 1.00. The predicted octanol–water partition coefficient (Wildman–Crippen LogP) is 4.54. The van der Waals surface area contributed by atoms with E-state index in [1.54, 1.807) is 0 Å². The fourth-order valence-corrected chi connectivity index (χ4v) is 3.84. The molecule has 0 atom stereocenters. The van der Waals surface area contributed by atoms with Gasteiger partial charge in [0.2, 0.25) is 0 Å². The molecule has 2 aliphatic rings. The molecule has 0 amide bonds. The van der Waals surface area contributed by atoms with Crippen molar-refractivity contribution in [2.24, 2.45) is 10.8 Å². The molecule has 0 N–H and O–H groups in total. The molecule has 0 saturated heterocycles. The third-order valence-corrected chi connectivity index (χ3v) is 4.47. The monoisotopic (exact) mass is 180 g/mol. The van der Waals surface area contributed by atoms with Gasteiger partial charge >= 0.3 is 0 Å². The van der Waals surface area contributed by atoms with E-state index in [1.807, 2.05) is 0 Å². The van der Waals surface area contributed by atoms with Crippen LogP contribution >= 0.6 is 0 Å². The summed E-state index contributed by atoms with van der Waals surface area (Å²) in [5, 5.41) is 0. The Morgan fingerprint density at radius 3 is 1.31 bits per heavy atom. The summed E-state index contributed by atoms with van der Waals surface area (Å²) in [6.45, 7) is 5.06. The molecule has 76 valence electrons. The minimum absolute atomic E-state index is 0.721. The molecular weight excluding hydrogens is 156 g/mol. The van der Waals surface area contributed by atoms with Crippen molar-refractivity contribution in [2.45, 2.75) is 71.6 Å². The van der Waals surface area contributed by atoms with Gasteiger partial charge in [0, 0.05) is 0 Å². The lowest BCUT2D eigenvalue weighted by atomic mass is 9.71. The van der Waals surface area contributed by atoms with Crippen LogP contribution in [0, 0.1) is 10.8 Å². The lowest BCUT2D eigenvalue weighted by Crippen LogP contribution is -2.23. The molecule has 0 bridgehead atoms. The van der Waals surface area contributed by atoms with Crippen molar-refractivity contribution in [1.82, 2.24) is 0 Å². The Labute approximate surface area is 83.1 Å². The summed E-state index contributed by atoms with van der Waals surface area (Å²) >= 11 is 0. The maximum Gasteiger partial charge on any atom is -0.0321 e. The predicted molar refractivity (Wildman–Crippen MR) is 57.8 cm³/mol. The zero-order chi connectivity index (χ0) is 9.36. The highest BCUT2D eigenvalue weighted by Crippen LogP contribution is 2.51. The molecule has 0 aromatic heterocycles. The number of rotatable bonds is 2. The quantitative estimate of drug-likeness (QED) is 0.585. The Bertz CT molecular complexity index is 148. The molecule has 0 aromatic rings. The summed E-state index contributed by atoms with van der Waals surface area (Å²) < 4.78 is 0. The van der Waals surface area contributed by atoms with Crippen LogP contribution in [-0.2, 0) is 0 Å². The van der Waals surface area contributed by atoms with E-state index < -0.39 is 0 Å². The van der Waals surface area contributed by atoms with Gasteiger partial charge in [0.15, 0.2) is 0 Å². The van der Waals surface area contributed by atoms with Crippen LogP contribution in [0.1, 0.15) is 71.6 Å². The molecule has 2 rings (SSSR count). The Hall–Kier alpha value is 0. The van der Waals surface area contributed by atoms with Crippen LogP contribution in [0.3, 0.4) is 0 Å². The molecule has 2 saturated carbocycles. The Morgan fingerprint density at radius 2 is 1.00 bits per heavy atom. The van der Waals surface area contributed by atoms with Crippen LogP contribution in [0.5, 0.6) is 0 Å². The zero-order valence-corrected chi connectivity index (χ0v) is 9.36. The van der Waals surface area contributed by atoms with E-state index in [2.05, 4.69) is 13.8 Å². The first kappa shape index (κ1) is 9.55. The molecule has 2 fully saturated rings. The van der Waals surface area contributed by atoms with Crippen molar-refractivity contribution in [3.05, 3.63) is 0 Å². The summed E-state index contributed by atoms with van der Waals surface area (Å²) in [6.07, 6.45) is 13.5. The summed E-state index contributed by atoms with van der Waals surface area (Å²) in [5.74, 6) is 0. The van der Waals surface area contributed by atoms with Crippen molar-refractivity contribution in [3.63, 3.8) is 0 Å². The summed E-state index contributed by atoms with van der Waals surface area (Å²) in [7, 11) is 0. The Balaban J connectivity index is 1.95. The van der Waals surface area contributed by atoms with E-state index in [1.165, 1.54) is 57.8 Å². The van der Waals surface area contributed by atoms with Crippen molar-refractivity contribution in [1.29, 1.82) is 0 Å². The average Bonchev–Trinajstić information content (AvgIpc) is 2.60. The van der Waals surface area contributed by atoms with Gasteiger partial charge in [0.25, 0.3) is 0 Å². The minimum atomic E-state index is 0.721. The van der Waals surface area contributed by atoms with Gasteiger partial charge in [-0.2, -0.15) is 0 Å². The molecule has 0 unspecified atom stereocenters. The molecule has 0 heterocycles. The van der Waals surface area contributed by atoms with Crippen LogP contribution in [0.4, 0.5) is 0 Å². The van der Waals surface area contributed by atoms with Crippen LogP contribution in [0.25, 0.3) is 0 Å². The summed E-state index contributed by atoms with van der Waals surface area (Å²) in [4.78, 5) is 0.